The smallest absolute Gasteiger partial charge is 0.257 e. The minimum absolute atomic E-state index is 0.0317. The lowest BCUT2D eigenvalue weighted by Gasteiger charge is -2.00. The first kappa shape index (κ1) is 18.4. The molecule has 0 aliphatic heterocycles. The summed E-state index contributed by atoms with van der Waals surface area (Å²) < 4.78 is 0. The molecule has 0 fully saturated rings. The van der Waals surface area contributed by atoms with Gasteiger partial charge in [-0.25, -0.2) is 5.43 Å². The summed E-state index contributed by atoms with van der Waals surface area (Å²) in [6.07, 6.45) is 1.63. The van der Waals surface area contributed by atoms with Crippen molar-refractivity contribution >= 4 is 34.5 Å². The minimum atomic E-state index is -0.308. The molecule has 7 nitrogen and oxygen atoms in total. The Hall–Kier alpha value is -3.39. The van der Waals surface area contributed by atoms with Crippen LogP contribution in [-0.4, -0.2) is 28.2 Å². The number of hydrazone groups is 1. The van der Waals surface area contributed by atoms with Gasteiger partial charge >= 0.3 is 0 Å². The Kier molecular flexibility index (Phi) is 6.01. The molecule has 136 valence electrons. The van der Waals surface area contributed by atoms with Crippen LogP contribution >= 0.6 is 11.3 Å². The van der Waals surface area contributed by atoms with Crippen molar-refractivity contribution in [2.45, 2.75) is 13.3 Å². The second-order valence-corrected chi connectivity index (χ2v) is 6.71. The quantitative estimate of drug-likeness (QED) is 0.508. The maximum absolute atomic E-state index is 12.1. The van der Waals surface area contributed by atoms with E-state index < -0.39 is 0 Å². The first-order valence-corrected chi connectivity index (χ1v) is 9.00. The molecule has 2 aromatic carbocycles. The zero-order chi connectivity index (χ0) is 19.1. The fourth-order valence-electron chi connectivity index (χ4n) is 2.22. The van der Waals surface area contributed by atoms with E-state index >= 15 is 0 Å². The van der Waals surface area contributed by atoms with Crippen molar-refractivity contribution in [3.63, 3.8) is 0 Å². The van der Waals surface area contributed by atoms with Crippen molar-refractivity contribution in [2.24, 2.45) is 5.10 Å². The molecule has 0 bridgehead atoms. The average Bonchev–Trinajstić information content (AvgIpc) is 3.10. The van der Waals surface area contributed by atoms with Crippen LogP contribution in [0.1, 0.15) is 26.5 Å². The van der Waals surface area contributed by atoms with Crippen molar-refractivity contribution in [1.82, 2.24) is 15.6 Å². The molecule has 3 aromatic rings. The third-order valence-corrected chi connectivity index (χ3v) is 4.46. The summed E-state index contributed by atoms with van der Waals surface area (Å²) >= 11 is 1.15. The van der Waals surface area contributed by atoms with Crippen LogP contribution in [0, 0.1) is 6.92 Å². The standard InChI is InChI=1S/C19H17N5O2S/c1-13-7-5-6-10-15(13)12-20-22-16(25)11-17-23-24-19(27-17)21-18(26)14-8-3-2-4-9-14/h2-10,12H,11H2,1H3,(H,22,25)(H,21,24,26). The molecule has 3 rings (SSSR count). The van der Waals surface area contributed by atoms with Gasteiger partial charge in [0, 0.05) is 5.56 Å². The molecule has 27 heavy (non-hydrogen) atoms. The molecule has 2 amide bonds. The molecule has 0 unspecified atom stereocenters. The Morgan fingerprint density at radius 3 is 2.59 bits per heavy atom. The Bertz CT molecular complexity index is 969. The van der Waals surface area contributed by atoms with Crippen LogP contribution in [0.15, 0.2) is 59.7 Å². The van der Waals surface area contributed by atoms with Gasteiger partial charge in [0.15, 0.2) is 0 Å². The van der Waals surface area contributed by atoms with Crippen molar-refractivity contribution in [1.29, 1.82) is 0 Å². The number of carbonyl (C=O) groups excluding carboxylic acids is 2. The van der Waals surface area contributed by atoms with Gasteiger partial charge in [0.2, 0.25) is 11.0 Å². The van der Waals surface area contributed by atoms with Crippen molar-refractivity contribution < 1.29 is 9.59 Å². The van der Waals surface area contributed by atoms with E-state index in [0.717, 1.165) is 22.5 Å². The van der Waals surface area contributed by atoms with E-state index in [4.69, 9.17) is 0 Å². The van der Waals surface area contributed by atoms with Crippen LogP contribution in [0.25, 0.3) is 0 Å². The van der Waals surface area contributed by atoms with Gasteiger partial charge in [-0.1, -0.05) is 53.8 Å². The van der Waals surface area contributed by atoms with Crippen LogP contribution in [-0.2, 0) is 11.2 Å². The predicted molar refractivity (Wildman–Crippen MR) is 105 cm³/mol. The molecule has 0 saturated carbocycles. The van der Waals surface area contributed by atoms with Crippen LogP contribution in [0.4, 0.5) is 5.13 Å². The average molecular weight is 379 g/mol. The summed E-state index contributed by atoms with van der Waals surface area (Å²) in [4.78, 5) is 24.0. The number of aromatic nitrogens is 2. The molecule has 0 aliphatic rings. The maximum atomic E-state index is 12.1. The highest BCUT2D eigenvalue weighted by Gasteiger charge is 2.12. The van der Waals surface area contributed by atoms with Crippen molar-refractivity contribution in [3.8, 4) is 0 Å². The molecule has 0 spiro atoms. The fraction of sp³-hybridized carbons (Fsp3) is 0.105. The number of aryl methyl sites for hydroxylation is 1. The molecule has 2 N–H and O–H groups in total. The lowest BCUT2D eigenvalue weighted by Crippen LogP contribution is -2.19. The van der Waals surface area contributed by atoms with Gasteiger partial charge in [-0.15, -0.1) is 10.2 Å². The lowest BCUT2D eigenvalue weighted by atomic mass is 10.1. The molecular formula is C19H17N5O2S. The number of nitrogens with one attached hydrogen (secondary N) is 2. The van der Waals surface area contributed by atoms with E-state index in [-0.39, 0.29) is 18.2 Å². The topological polar surface area (TPSA) is 96.3 Å². The third-order valence-electron chi connectivity index (χ3n) is 3.62. The van der Waals surface area contributed by atoms with Crippen LogP contribution in [0.5, 0.6) is 0 Å². The highest BCUT2D eigenvalue weighted by atomic mass is 32.1. The Labute approximate surface area is 160 Å². The second-order valence-electron chi connectivity index (χ2n) is 5.65. The minimum Gasteiger partial charge on any atom is -0.296 e. The SMILES string of the molecule is Cc1ccccc1C=NNC(=O)Cc1nnc(NC(=O)c2ccccc2)s1. The number of rotatable bonds is 6. The first-order chi connectivity index (χ1) is 13.1. The van der Waals surface area contributed by atoms with E-state index in [9.17, 15) is 9.59 Å². The van der Waals surface area contributed by atoms with Gasteiger partial charge in [0.05, 0.1) is 12.6 Å². The number of carbonyl (C=O) groups is 2. The Morgan fingerprint density at radius 2 is 1.81 bits per heavy atom. The van der Waals surface area contributed by atoms with Gasteiger partial charge in [-0.2, -0.15) is 5.10 Å². The number of nitrogens with zero attached hydrogens (tertiary/aromatic N) is 3. The highest BCUT2D eigenvalue weighted by molar-refractivity contribution is 7.15. The van der Waals surface area contributed by atoms with Crippen molar-refractivity contribution in [3.05, 3.63) is 76.3 Å². The van der Waals surface area contributed by atoms with E-state index in [1.54, 1.807) is 30.5 Å². The van der Waals surface area contributed by atoms with Crippen molar-refractivity contribution in [2.75, 3.05) is 5.32 Å². The van der Waals surface area contributed by atoms with E-state index in [1.165, 1.54) is 0 Å². The summed E-state index contributed by atoms with van der Waals surface area (Å²) in [7, 11) is 0. The maximum Gasteiger partial charge on any atom is 0.257 e. The molecule has 0 atom stereocenters. The van der Waals surface area contributed by atoms with E-state index in [2.05, 4.69) is 26.0 Å². The molecule has 8 heteroatoms. The third kappa shape index (κ3) is 5.29. The van der Waals surface area contributed by atoms with E-state index in [0.29, 0.717) is 15.7 Å². The lowest BCUT2D eigenvalue weighted by molar-refractivity contribution is -0.120. The van der Waals surface area contributed by atoms with Gasteiger partial charge in [0.25, 0.3) is 5.91 Å². The number of hydrogen-bond donors (Lipinski definition) is 2. The Balaban J connectivity index is 1.52. The number of amides is 2. The number of hydrogen-bond acceptors (Lipinski definition) is 6. The Morgan fingerprint density at radius 1 is 1.07 bits per heavy atom. The molecule has 0 radical (unpaired) electrons. The summed E-state index contributed by atoms with van der Waals surface area (Å²) in [5.41, 5.74) is 4.99. The number of benzene rings is 2. The molecular weight excluding hydrogens is 362 g/mol. The molecule has 1 aromatic heterocycles. The molecule has 0 saturated heterocycles. The molecule has 0 aliphatic carbocycles. The van der Waals surface area contributed by atoms with Gasteiger partial charge in [0.1, 0.15) is 5.01 Å². The van der Waals surface area contributed by atoms with Gasteiger partial charge in [-0.05, 0) is 30.2 Å². The predicted octanol–water partition coefficient (Wildman–Crippen LogP) is 2.79. The van der Waals surface area contributed by atoms with Crippen LogP contribution in [0.3, 0.4) is 0 Å². The highest BCUT2D eigenvalue weighted by Crippen LogP contribution is 2.16. The largest absolute Gasteiger partial charge is 0.296 e. The van der Waals surface area contributed by atoms with Gasteiger partial charge < -0.3 is 0 Å². The monoisotopic (exact) mass is 379 g/mol. The summed E-state index contributed by atoms with van der Waals surface area (Å²) in [5, 5.41) is 15.3. The zero-order valence-electron chi connectivity index (χ0n) is 14.5. The fourth-order valence-corrected chi connectivity index (χ4v) is 2.95. The second kappa shape index (κ2) is 8.81. The summed E-state index contributed by atoms with van der Waals surface area (Å²) in [6.45, 7) is 1.97. The van der Waals surface area contributed by atoms with Crippen LogP contribution < -0.4 is 10.7 Å². The van der Waals surface area contributed by atoms with Gasteiger partial charge in [-0.3, -0.25) is 14.9 Å². The summed E-state index contributed by atoms with van der Waals surface area (Å²) in [6, 6.07) is 16.5. The van der Waals surface area contributed by atoms with E-state index in [1.807, 2.05) is 37.3 Å². The normalized spacial score (nSPS) is 10.7. The number of anilines is 1. The first-order valence-electron chi connectivity index (χ1n) is 8.18. The van der Waals surface area contributed by atoms with Crippen LogP contribution in [0.2, 0.25) is 0 Å². The summed E-state index contributed by atoms with van der Waals surface area (Å²) in [5.74, 6) is -0.581. The zero-order valence-corrected chi connectivity index (χ0v) is 15.4. The molecule has 1 heterocycles.